The van der Waals surface area contributed by atoms with Crippen molar-refractivity contribution in [3.63, 3.8) is 0 Å². The minimum Gasteiger partial charge on any atom is -0.326 e. The van der Waals surface area contributed by atoms with Gasteiger partial charge < -0.3 is 16.4 Å². The number of halogens is 1. The molecule has 2 amide bonds. The maximum atomic E-state index is 13.9. The largest absolute Gasteiger partial charge is 0.326 e. The Morgan fingerprint density at radius 2 is 2.11 bits per heavy atom. The summed E-state index contributed by atoms with van der Waals surface area (Å²) in [5.41, 5.74) is 5.80. The van der Waals surface area contributed by atoms with Crippen molar-refractivity contribution in [3.05, 3.63) is 23.5 Å². The molecule has 0 unspecified atom stereocenters. The van der Waals surface area contributed by atoms with E-state index in [-0.39, 0.29) is 11.6 Å². The van der Waals surface area contributed by atoms with Crippen LogP contribution >= 0.6 is 0 Å². The first kappa shape index (κ1) is 13.5. The molecule has 0 saturated heterocycles. The molecule has 19 heavy (non-hydrogen) atoms. The van der Waals surface area contributed by atoms with Crippen molar-refractivity contribution in [2.24, 2.45) is 5.73 Å². The van der Waals surface area contributed by atoms with E-state index in [0.29, 0.717) is 18.5 Å². The Morgan fingerprint density at radius 3 is 2.74 bits per heavy atom. The lowest BCUT2D eigenvalue weighted by atomic mass is 10.0. The lowest BCUT2D eigenvalue weighted by molar-refractivity contribution is -0.120. The zero-order valence-electron chi connectivity index (χ0n) is 10.8. The van der Waals surface area contributed by atoms with Crippen molar-refractivity contribution in [2.45, 2.75) is 32.2 Å². The third-order valence-electron chi connectivity index (χ3n) is 2.92. The van der Waals surface area contributed by atoms with Crippen LogP contribution in [0.5, 0.6) is 0 Å². The summed E-state index contributed by atoms with van der Waals surface area (Å²) in [6, 6.07) is 2.75. The van der Waals surface area contributed by atoms with Gasteiger partial charge in [0.05, 0.1) is 11.2 Å². The Bertz CT molecular complexity index is 550. The van der Waals surface area contributed by atoms with Crippen LogP contribution < -0.4 is 16.4 Å². The first-order valence-electron chi connectivity index (χ1n) is 6.00. The van der Waals surface area contributed by atoms with Gasteiger partial charge in [-0.25, -0.2) is 4.39 Å². The van der Waals surface area contributed by atoms with E-state index < -0.39 is 17.3 Å². The van der Waals surface area contributed by atoms with Crippen LogP contribution in [0.3, 0.4) is 0 Å². The quantitative estimate of drug-likeness (QED) is 0.755. The number of amides is 2. The summed E-state index contributed by atoms with van der Waals surface area (Å²) in [6.07, 6.45) is 0.836. The summed E-state index contributed by atoms with van der Waals surface area (Å²) in [7, 11) is 0. The number of benzene rings is 1. The molecule has 1 aromatic carbocycles. The number of fused-ring (bicyclic) bond motifs is 1. The number of hydrogen-bond acceptors (Lipinski definition) is 3. The maximum Gasteiger partial charge on any atom is 0.243 e. The van der Waals surface area contributed by atoms with Crippen LogP contribution in [0, 0.1) is 5.82 Å². The first-order chi connectivity index (χ1) is 8.77. The molecule has 2 rings (SSSR count). The number of anilines is 2. The third-order valence-corrected chi connectivity index (χ3v) is 2.92. The fourth-order valence-electron chi connectivity index (χ4n) is 1.78. The minimum absolute atomic E-state index is 0.0180. The average molecular weight is 265 g/mol. The van der Waals surface area contributed by atoms with Crippen LogP contribution in [0.15, 0.2) is 12.1 Å². The summed E-state index contributed by atoms with van der Waals surface area (Å²) in [5, 5.41) is 5.08. The molecule has 1 aromatic rings. The first-order valence-corrected chi connectivity index (χ1v) is 6.00. The molecule has 1 aliphatic rings. The van der Waals surface area contributed by atoms with E-state index in [0.717, 1.165) is 5.56 Å². The Hall–Kier alpha value is -1.95. The van der Waals surface area contributed by atoms with Gasteiger partial charge in [0.15, 0.2) is 0 Å². The molecule has 4 N–H and O–H groups in total. The molecule has 1 heterocycles. The summed E-state index contributed by atoms with van der Waals surface area (Å²) >= 11 is 0. The van der Waals surface area contributed by atoms with Crippen molar-refractivity contribution < 1.29 is 14.0 Å². The monoisotopic (exact) mass is 265 g/mol. The van der Waals surface area contributed by atoms with E-state index in [2.05, 4.69) is 10.6 Å². The topological polar surface area (TPSA) is 84.2 Å². The minimum atomic E-state index is -1.11. The lowest BCUT2D eigenvalue weighted by Crippen LogP contribution is -2.45. The zero-order valence-corrected chi connectivity index (χ0v) is 10.8. The van der Waals surface area contributed by atoms with Crippen molar-refractivity contribution in [3.8, 4) is 0 Å². The van der Waals surface area contributed by atoms with Crippen molar-refractivity contribution in [2.75, 3.05) is 10.6 Å². The zero-order chi connectivity index (χ0) is 14.2. The predicted octanol–water partition coefficient (Wildman–Crippen LogP) is 1.39. The standard InChI is InChI=1S/C13H16FN3O2/c1-13(2,15)12(19)17-10-6-9-7(5-8(10)14)3-4-11(18)16-9/h5-6H,3-4,15H2,1-2H3,(H,16,18)(H,17,19). The van der Waals surface area contributed by atoms with E-state index in [4.69, 9.17) is 5.73 Å². The van der Waals surface area contributed by atoms with Crippen molar-refractivity contribution >= 4 is 23.2 Å². The van der Waals surface area contributed by atoms with Gasteiger partial charge in [-0.15, -0.1) is 0 Å². The molecule has 5 nitrogen and oxygen atoms in total. The fraction of sp³-hybridized carbons (Fsp3) is 0.385. The summed E-state index contributed by atoms with van der Waals surface area (Å²) in [6.45, 7) is 3.06. The number of aryl methyl sites for hydroxylation is 1. The molecule has 0 aliphatic carbocycles. The third kappa shape index (κ3) is 2.90. The van der Waals surface area contributed by atoms with Crippen molar-refractivity contribution in [1.82, 2.24) is 0 Å². The molecule has 0 bridgehead atoms. The lowest BCUT2D eigenvalue weighted by Gasteiger charge is -2.21. The second kappa shape index (κ2) is 4.62. The van der Waals surface area contributed by atoms with E-state index in [1.165, 1.54) is 26.0 Å². The van der Waals surface area contributed by atoms with Gasteiger partial charge in [0.25, 0.3) is 0 Å². The molecule has 0 aromatic heterocycles. The van der Waals surface area contributed by atoms with Crippen LogP contribution in [-0.4, -0.2) is 17.4 Å². The molecule has 0 spiro atoms. The number of carbonyl (C=O) groups is 2. The van der Waals surface area contributed by atoms with Gasteiger partial charge in [0.1, 0.15) is 5.82 Å². The van der Waals surface area contributed by atoms with Gasteiger partial charge in [-0.05, 0) is 38.0 Å². The number of rotatable bonds is 2. The maximum absolute atomic E-state index is 13.9. The molecule has 0 radical (unpaired) electrons. The van der Waals surface area contributed by atoms with Gasteiger partial charge >= 0.3 is 0 Å². The number of nitrogens with two attached hydrogens (primary N) is 1. The highest BCUT2D eigenvalue weighted by Gasteiger charge is 2.24. The average Bonchev–Trinajstić information content (AvgIpc) is 2.29. The summed E-state index contributed by atoms with van der Waals surface area (Å²) in [5.74, 6) is -1.14. The smallest absolute Gasteiger partial charge is 0.243 e. The summed E-state index contributed by atoms with van der Waals surface area (Å²) < 4.78 is 13.9. The molecule has 6 heteroatoms. The van der Waals surface area contributed by atoms with Gasteiger partial charge in [0.2, 0.25) is 11.8 Å². The van der Waals surface area contributed by atoms with E-state index in [1.54, 1.807) is 0 Å². The SMILES string of the molecule is CC(C)(N)C(=O)Nc1cc2c(cc1F)CCC(=O)N2. The van der Waals surface area contributed by atoms with Gasteiger partial charge in [0, 0.05) is 12.1 Å². The second-order valence-corrected chi connectivity index (χ2v) is 5.21. The molecule has 0 fully saturated rings. The molecule has 102 valence electrons. The molecule has 0 saturated carbocycles. The number of carbonyl (C=O) groups excluding carboxylic acids is 2. The Balaban J connectivity index is 2.30. The van der Waals surface area contributed by atoms with Gasteiger partial charge in [-0.1, -0.05) is 0 Å². The van der Waals surface area contributed by atoms with E-state index in [1.807, 2.05) is 0 Å². The van der Waals surface area contributed by atoms with Crippen LogP contribution in [0.1, 0.15) is 25.8 Å². The van der Waals surface area contributed by atoms with Crippen LogP contribution in [0.4, 0.5) is 15.8 Å². The fourth-order valence-corrected chi connectivity index (χ4v) is 1.78. The Morgan fingerprint density at radius 1 is 1.42 bits per heavy atom. The van der Waals surface area contributed by atoms with E-state index in [9.17, 15) is 14.0 Å². The van der Waals surface area contributed by atoms with Gasteiger partial charge in [-0.2, -0.15) is 0 Å². The van der Waals surface area contributed by atoms with E-state index >= 15 is 0 Å². The highest BCUT2D eigenvalue weighted by Crippen LogP contribution is 2.28. The second-order valence-electron chi connectivity index (χ2n) is 5.21. The normalized spacial score (nSPS) is 14.6. The highest BCUT2D eigenvalue weighted by atomic mass is 19.1. The highest BCUT2D eigenvalue weighted by molar-refractivity contribution is 5.99. The van der Waals surface area contributed by atoms with Crippen LogP contribution in [-0.2, 0) is 16.0 Å². The number of hydrogen-bond donors (Lipinski definition) is 3. The molecular formula is C13H16FN3O2. The van der Waals surface area contributed by atoms with Gasteiger partial charge in [-0.3, -0.25) is 9.59 Å². The predicted molar refractivity (Wildman–Crippen MR) is 70.2 cm³/mol. The Kier molecular flexibility index (Phi) is 3.28. The molecular weight excluding hydrogens is 249 g/mol. The number of nitrogens with one attached hydrogen (secondary N) is 2. The van der Waals surface area contributed by atoms with Crippen LogP contribution in [0.25, 0.3) is 0 Å². The Labute approximate surface area is 110 Å². The summed E-state index contributed by atoms with van der Waals surface area (Å²) in [4.78, 5) is 23.0. The van der Waals surface area contributed by atoms with Crippen LogP contribution in [0.2, 0.25) is 0 Å². The molecule has 1 aliphatic heterocycles. The van der Waals surface area contributed by atoms with Crippen molar-refractivity contribution in [1.29, 1.82) is 0 Å². The molecule has 0 atom stereocenters.